The second-order valence-electron chi connectivity index (χ2n) is 5.98. The molecule has 1 aromatic rings. The van der Waals surface area contributed by atoms with E-state index in [2.05, 4.69) is 6.92 Å². The number of nitrogens with zero attached hydrogens (tertiary/aromatic N) is 1. The first-order valence-corrected chi connectivity index (χ1v) is 7.04. The number of rotatable bonds is 4. The summed E-state index contributed by atoms with van der Waals surface area (Å²) in [5.74, 6) is 1.03. The van der Waals surface area contributed by atoms with Crippen molar-refractivity contribution in [2.24, 2.45) is 11.7 Å². The van der Waals surface area contributed by atoms with E-state index in [0.29, 0.717) is 12.2 Å². The molecule has 0 amide bonds. The topological polar surface area (TPSA) is 78.4 Å². The van der Waals surface area contributed by atoms with E-state index in [4.69, 9.17) is 10.5 Å². The SMILES string of the molecule is COc1ccc(CC2(N)CCC(C)CC2)cc1[N+](=O)[O-]. The molecule has 0 unspecified atom stereocenters. The van der Waals surface area contributed by atoms with Gasteiger partial charge in [0.1, 0.15) is 0 Å². The third kappa shape index (κ3) is 3.28. The van der Waals surface area contributed by atoms with E-state index in [1.807, 2.05) is 6.07 Å². The molecule has 0 saturated heterocycles. The average Bonchev–Trinajstić information content (AvgIpc) is 2.42. The Bertz CT molecular complexity index is 494. The van der Waals surface area contributed by atoms with Crippen LogP contribution in [0.1, 0.15) is 38.2 Å². The zero-order valence-corrected chi connectivity index (χ0v) is 12.1. The Morgan fingerprint density at radius 3 is 2.65 bits per heavy atom. The van der Waals surface area contributed by atoms with Gasteiger partial charge in [-0.2, -0.15) is 0 Å². The van der Waals surface area contributed by atoms with Crippen molar-refractivity contribution >= 4 is 5.69 Å². The van der Waals surface area contributed by atoms with Gasteiger partial charge in [0.15, 0.2) is 5.75 Å². The lowest BCUT2D eigenvalue weighted by atomic mass is 9.74. The highest BCUT2D eigenvalue weighted by Gasteiger charge is 2.31. The summed E-state index contributed by atoms with van der Waals surface area (Å²) in [5.41, 5.74) is 7.15. The molecule has 0 radical (unpaired) electrons. The first kappa shape index (κ1) is 14.8. The molecule has 1 aliphatic rings. The first-order chi connectivity index (χ1) is 9.43. The van der Waals surface area contributed by atoms with Crippen molar-refractivity contribution in [1.29, 1.82) is 0 Å². The van der Waals surface area contributed by atoms with E-state index in [0.717, 1.165) is 37.2 Å². The maximum atomic E-state index is 11.0. The highest BCUT2D eigenvalue weighted by Crippen LogP contribution is 2.34. The molecule has 5 nitrogen and oxygen atoms in total. The van der Waals surface area contributed by atoms with E-state index in [-0.39, 0.29) is 11.2 Å². The Balaban J connectivity index is 2.17. The molecule has 0 bridgehead atoms. The molecule has 110 valence electrons. The summed E-state index contributed by atoms with van der Waals surface area (Å²) in [7, 11) is 1.44. The van der Waals surface area contributed by atoms with Crippen molar-refractivity contribution in [3.8, 4) is 5.75 Å². The number of nitro groups is 1. The predicted octanol–water partition coefficient (Wildman–Crippen LogP) is 3.05. The smallest absolute Gasteiger partial charge is 0.311 e. The van der Waals surface area contributed by atoms with Crippen LogP contribution >= 0.6 is 0 Å². The molecule has 1 saturated carbocycles. The number of methoxy groups -OCH3 is 1. The fraction of sp³-hybridized carbons (Fsp3) is 0.600. The molecule has 1 aromatic carbocycles. The minimum absolute atomic E-state index is 0.0118. The molecule has 0 aliphatic heterocycles. The van der Waals surface area contributed by atoms with Gasteiger partial charge < -0.3 is 10.5 Å². The number of nitro benzene ring substituents is 1. The molecule has 0 spiro atoms. The van der Waals surface area contributed by atoms with E-state index in [1.165, 1.54) is 7.11 Å². The Morgan fingerprint density at radius 2 is 2.10 bits per heavy atom. The number of ether oxygens (including phenoxy) is 1. The van der Waals surface area contributed by atoms with Gasteiger partial charge in [-0.05, 0) is 49.7 Å². The van der Waals surface area contributed by atoms with Gasteiger partial charge in [0, 0.05) is 11.6 Å². The van der Waals surface area contributed by atoms with Gasteiger partial charge in [-0.15, -0.1) is 0 Å². The summed E-state index contributed by atoms with van der Waals surface area (Å²) in [4.78, 5) is 10.6. The van der Waals surface area contributed by atoms with Crippen LogP contribution in [0.2, 0.25) is 0 Å². The van der Waals surface area contributed by atoms with Gasteiger partial charge in [0.25, 0.3) is 0 Å². The molecule has 0 aromatic heterocycles. The number of hydrogen-bond acceptors (Lipinski definition) is 4. The van der Waals surface area contributed by atoms with Crippen molar-refractivity contribution in [3.63, 3.8) is 0 Å². The second-order valence-corrected chi connectivity index (χ2v) is 5.98. The molecule has 0 atom stereocenters. The monoisotopic (exact) mass is 278 g/mol. The molecule has 1 fully saturated rings. The van der Waals surface area contributed by atoms with Crippen LogP contribution in [0.4, 0.5) is 5.69 Å². The van der Waals surface area contributed by atoms with Crippen molar-refractivity contribution in [2.45, 2.75) is 44.6 Å². The van der Waals surface area contributed by atoms with Gasteiger partial charge in [0.05, 0.1) is 12.0 Å². The number of benzene rings is 1. The maximum Gasteiger partial charge on any atom is 0.311 e. The number of nitrogens with two attached hydrogens (primary N) is 1. The van der Waals surface area contributed by atoms with Crippen LogP contribution in [0.15, 0.2) is 18.2 Å². The summed E-state index contributed by atoms with van der Waals surface area (Å²) in [6.45, 7) is 2.25. The molecular weight excluding hydrogens is 256 g/mol. The molecular formula is C15H22N2O3. The highest BCUT2D eigenvalue weighted by molar-refractivity contribution is 5.49. The van der Waals surface area contributed by atoms with Crippen LogP contribution in [0.3, 0.4) is 0 Å². The lowest BCUT2D eigenvalue weighted by Crippen LogP contribution is -2.45. The Kier molecular flexibility index (Phi) is 4.28. The van der Waals surface area contributed by atoms with Gasteiger partial charge in [0.2, 0.25) is 0 Å². The summed E-state index contributed by atoms with van der Waals surface area (Å²) in [5, 5.41) is 11.0. The minimum Gasteiger partial charge on any atom is -0.490 e. The van der Waals surface area contributed by atoms with Crippen LogP contribution < -0.4 is 10.5 Å². The fourth-order valence-electron chi connectivity index (χ4n) is 2.91. The van der Waals surface area contributed by atoms with E-state index in [9.17, 15) is 10.1 Å². The van der Waals surface area contributed by atoms with Gasteiger partial charge >= 0.3 is 5.69 Å². The quantitative estimate of drug-likeness (QED) is 0.678. The Labute approximate surface area is 119 Å². The number of hydrogen-bond donors (Lipinski definition) is 1. The molecule has 2 rings (SSSR count). The van der Waals surface area contributed by atoms with Crippen molar-refractivity contribution in [3.05, 3.63) is 33.9 Å². The van der Waals surface area contributed by atoms with Crippen LogP contribution in [0.25, 0.3) is 0 Å². The maximum absolute atomic E-state index is 11.0. The van der Waals surface area contributed by atoms with Crippen molar-refractivity contribution in [1.82, 2.24) is 0 Å². The normalized spacial score (nSPS) is 26.2. The lowest BCUT2D eigenvalue weighted by Gasteiger charge is -2.36. The second kappa shape index (κ2) is 5.79. The molecule has 2 N–H and O–H groups in total. The van der Waals surface area contributed by atoms with Crippen molar-refractivity contribution in [2.75, 3.05) is 7.11 Å². The van der Waals surface area contributed by atoms with Crippen molar-refractivity contribution < 1.29 is 9.66 Å². The zero-order chi connectivity index (χ0) is 14.8. The average molecular weight is 278 g/mol. The third-order valence-corrected chi connectivity index (χ3v) is 4.27. The molecule has 20 heavy (non-hydrogen) atoms. The summed E-state index contributed by atoms with van der Waals surface area (Å²) in [6.07, 6.45) is 4.91. The van der Waals surface area contributed by atoms with Crippen LogP contribution in [-0.2, 0) is 6.42 Å². The fourth-order valence-corrected chi connectivity index (χ4v) is 2.91. The van der Waals surface area contributed by atoms with E-state index >= 15 is 0 Å². The summed E-state index contributed by atoms with van der Waals surface area (Å²) >= 11 is 0. The standard InChI is InChI=1S/C15H22N2O3/c1-11-5-7-15(16,8-6-11)10-12-3-4-14(20-2)13(9-12)17(18)19/h3-4,9,11H,5-8,10,16H2,1-2H3. The molecule has 1 aliphatic carbocycles. The summed E-state index contributed by atoms with van der Waals surface area (Å²) < 4.78 is 5.02. The third-order valence-electron chi connectivity index (χ3n) is 4.27. The first-order valence-electron chi connectivity index (χ1n) is 7.04. The minimum atomic E-state index is -0.408. The van der Waals surface area contributed by atoms with Crippen LogP contribution in [0.5, 0.6) is 5.75 Å². The Morgan fingerprint density at radius 1 is 1.45 bits per heavy atom. The largest absolute Gasteiger partial charge is 0.490 e. The summed E-state index contributed by atoms with van der Waals surface area (Å²) in [6, 6.07) is 5.12. The van der Waals surface area contributed by atoms with Gasteiger partial charge in [-0.1, -0.05) is 13.0 Å². The van der Waals surface area contributed by atoms with Crippen LogP contribution in [-0.4, -0.2) is 17.6 Å². The Hall–Kier alpha value is -1.62. The van der Waals surface area contributed by atoms with E-state index in [1.54, 1.807) is 12.1 Å². The van der Waals surface area contributed by atoms with Gasteiger partial charge in [-0.25, -0.2) is 0 Å². The van der Waals surface area contributed by atoms with E-state index < -0.39 is 4.92 Å². The van der Waals surface area contributed by atoms with Crippen LogP contribution in [0, 0.1) is 16.0 Å². The predicted molar refractivity (Wildman–Crippen MR) is 77.9 cm³/mol. The highest BCUT2D eigenvalue weighted by atomic mass is 16.6. The van der Waals surface area contributed by atoms with Gasteiger partial charge in [-0.3, -0.25) is 10.1 Å². The zero-order valence-electron chi connectivity index (χ0n) is 12.1. The molecule has 5 heteroatoms. The lowest BCUT2D eigenvalue weighted by molar-refractivity contribution is -0.385. The molecule has 0 heterocycles.